The standard InChI is InChI=1S/C24H25NO8S/c1-16(2)32-24(26)22-10-8-19(33-22)15-25(17-4-6-18(29-3)7-5-17)34(27,28)20-9-11-21-23(14-20)31-13-12-30-21/h4-11,14,16H,12-13,15H2,1-3H3. The van der Waals surface area contributed by atoms with Gasteiger partial charge in [-0.25, -0.2) is 13.2 Å². The molecule has 0 amide bonds. The number of furan rings is 1. The second-order valence-corrected chi connectivity index (χ2v) is 9.60. The highest BCUT2D eigenvalue weighted by molar-refractivity contribution is 7.92. The van der Waals surface area contributed by atoms with Crippen molar-refractivity contribution < 1.29 is 36.6 Å². The fourth-order valence-corrected chi connectivity index (χ4v) is 4.81. The van der Waals surface area contributed by atoms with Crippen LogP contribution in [0.25, 0.3) is 0 Å². The van der Waals surface area contributed by atoms with Crippen molar-refractivity contribution in [2.45, 2.75) is 31.4 Å². The predicted molar refractivity (Wildman–Crippen MR) is 123 cm³/mol. The van der Waals surface area contributed by atoms with Crippen LogP contribution in [0.15, 0.2) is 63.9 Å². The fourth-order valence-electron chi connectivity index (χ4n) is 3.36. The predicted octanol–water partition coefficient (Wildman–Crippen LogP) is 4.02. The van der Waals surface area contributed by atoms with Crippen molar-refractivity contribution in [1.82, 2.24) is 0 Å². The number of methoxy groups -OCH3 is 1. The Kier molecular flexibility index (Phi) is 6.69. The maximum Gasteiger partial charge on any atom is 0.374 e. The number of hydrogen-bond donors (Lipinski definition) is 0. The van der Waals surface area contributed by atoms with Crippen LogP contribution in [-0.4, -0.2) is 40.8 Å². The number of fused-ring (bicyclic) bond motifs is 1. The number of nitrogens with zero attached hydrogens (tertiary/aromatic N) is 1. The van der Waals surface area contributed by atoms with Crippen LogP contribution in [0.4, 0.5) is 5.69 Å². The first-order valence-corrected chi connectivity index (χ1v) is 12.1. The molecule has 3 aromatic rings. The van der Waals surface area contributed by atoms with Crippen LogP contribution in [0.1, 0.15) is 30.2 Å². The number of carbonyl (C=O) groups is 1. The molecule has 0 saturated carbocycles. The Hall–Kier alpha value is -3.66. The lowest BCUT2D eigenvalue weighted by molar-refractivity contribution is 0.0339. The minimum atomic E-state index is -4.05. The average molecular weight is 488 g/mol. The van der Waals surface area contributed by atoms with Crippen molar-refractivity contribution >= 4 is 21.7 Å². The van der Waals surface area contributed by atoms with Gasteiger partial charge in [0.15, 0.2) is 11.5 Å². The summed E-state index contributed by atoms with van der Waals surface area (Å²) < 4.78 is 55.7. The van der Waals surface area contributed by atoms with E-state index in [4.69, 9.17) is 23.4 Å². The molecule has 0 fully saturated rings. The lowest BCUT2D eigenvalue weighted by Crippen LogP contribution is -2.30. The molecule has 0 saturated heterocycles. The molecule has 9 nitrogen and oxygen atoms in total. The smallest absolute Gasteiger partial charge is 0.374 e. The third-order valence-electron chi connectivity index (χ3n) is 4.97. The molecule has 34 heavy (non-hydrogen) atoms. The molecule has 4 rings (SSSR count). The van der Waals surface area contributed by atoms with E-state index in [0.29, 0.717) is 36.1 Å². The van der Waals surface area contributed by atoms with Crippen LogP contribution in [0, 0.1) is 0 Å². The molecule has 0 unspecified atom stereocenters. The zero-order valence-corrected chi connectivity index (χ0v) is 19.8. The number of carbonyl (C=O) groups excluding carboxylic acids is 1. The van der Waals surface area contributed by atoms with E-state index in [0.717, 1.165) is 0 Å². The number of esters is 1. The van der Waals surface area contributed by atoms with E-state index in [1.807, 2.05) is 0 Å². The van der Waals surface area contributed by atoms with Crippen LogP contribution in [-0.2, 0) is 21.3 Å². The van der Waals surface area contributed by atoms with Crippen molar-refractivity contribution in [1.29, 1.82) is 0 Å². The van der Waals surface area contributed by atoms with Gasteiger partial charge in [-0.1, -0.05) is 0 Å². The first-order chi connectivity index (χ1) is 16.3. The van der Waals surface area contributed by atoms with Gasteiger partial charge in [0, 0.05) is 6.07 Å². The highest BCUT2D eigenvalue weighted by Crippen LogP contribution is 2.35. The molecule has 1 aliphatic rings. The minimum Gasteiger partial charge on any atom is -0.497 e. The zero-order valence-electron chi connectivity index (χ0n) is 19.0. The Labute approximate surface area is 197 Å². The first kappa shape index (κ1) is 23.5. The summed E-state index contributed by atoms with van der Waals surface area (Å²) in [5.41, 5.74) is 0.387. The van der Waals surface area contributed by atoms with Crippen LogP contribution in [0.2, 0.25) is 0 Å². The van der Waals surface area contributed by atoms with E-state index in [2.05, 4.69) is 0 Å². The second-order valence-electron chi connectivity index (χ2n) is 7.74. The van der Waals surface area contributed by atoms with Gasteiger partial charge in [-0.2, -0.15) is 0 Å². The van der Waals surface area contributed by atoms with Gasteiger partial charge in [-0.05, 0) is 62.4 Å². The summed E-state index contributed by atoms with van der Waals surface area (Å²) in [6, 6.07) is 14.1. The summed E-state index contributed by atoms with van der Waals surface area (Å²) in [5.74, 6) is 1.08. The number of rotatable bonds is 8. The molecule has 0 atom stereocenters. The number of anilines is 1. The number of sulfonamides is 1. The summed E-state index contributed by atoms with van der Waals surface area (Å²) in [7, 11) is -2.53. The van der Waals surface area contributed by atoms with Crippen molar-refractivity contribution in [3.05, 3.63) is 66.1 Å². The van der Waals surface area contributed by atoms with Crippen LogP contribution in [0.3, 0.4) is 0 Å². The molecule has 180 valence electrons. The van der Waals surface area contributed by atoms with E-state index in [1.54, 1.807) is 50.2 Å². The summed E-state index contributed by atoms with van der Waals surface area (Å²) in [5, 5.41) is 0. The lowest BCUT2D eigenvalue weighted by atomic mass is 10.3. The highest BCUT2D eigenvalue weighted by atomic mass is 32.2. The van der Waals surface area contributed by atoms with Gasteiger partial charge in [0.05, 0.1) is 30.3 Å². The Balaban J connectivity index is 1.70. The van der Waals surface area contributed by atoms with Gasteiger partial charge in [-0.15, -0.1) is 0 Å². The Morgan fingerprint density at radius 3 is 2.38 bits per heavy atom. The van der Waals surface area contributed by atoms with Gasteiger partial charge in [0.25, 0.3) is 10.0 Å². The van der Waals surface area contributed by atoms with Crippen LogP contribution < -0.4 is 18.5 Å². The maximum absolute atomic E-state index is 13.7. The molecule has 0 spiro atoms. The number of ether oxygens (including phenoxy) is 4. The molecule has 0 N–H and O–H groups in total. The molecule has 0 aliphatic carbocycles. The van der Waals surface area contributed by atoms with E-state index >= 15 is 0 Å². The van der Waals surface area contributed by atoms with Crippen LogP contribution >= 0.6 is 0 Å². The van der Waals surface area contributed by atoms with E-state index in [-0.39, 0.29) is 29.1 Å². The normalized spacial score (nSPS) is 12.9. The third kappa shape index (κ3) is 4.96. The molecule has 0 radical (unpaired) electrons. The van der Waals surface area contributed by atoms with Gasteiger partial charge in [0.2, 0.25) is 5.76 Å². The van der Waals surface area contributed by atoms with Gasteiger partial charge in [-0.3, -0.25) is 4.31 Å². The molecule has 10 heteroatoms. The SMILES string of the molecule is COc1ccc(N(Cc2ccc(C(=O)OC(C)C)o2)S(=O)(=O)c2ccc3c(c2)OCCO3)cc1. The molecule has 2 heterocycles. The molecule has 1 aromatic heterocycles. The zero-order chi connectivity index (χ0) is 24.3. The van der Waals surface area contributed by atoms with Crippen molar-refractivity contribution in [2.24, 2.45) is 0 Å². The Bertz CT molecular complexity index is 1260. The quantitative estimate of drug-likeness (QED) is 0.439. The summed E-state index contributed by atoms with van der Waals surface area (Å²) >= 11 is 0. The van der Waals surface area contributed by atoms with E-state index in [9.17, 15) is 13.2 Å². The summed E-state index contributed by atoms with van der Waals surface area (Å²) in [6.45, 7) is 4.04. The number of benzene rings is 2. The fraction of sp³-hybridized carbons (Fsp3) is 0.292. The lowest BCUT2D eigenvalue weighted by Gasteiger charge is -2.25. The summed E-state index contributed by atoms with van der Waals surface area (Å²) in [6.07, 6.45) is -0.313. The Morgan fingerprint density at radius 2 is 1.71 bits per heavy atom. The Morgan fingerprint density at radius 1 is 1.00 bits per heavy atom. The van der Waals surface area contributed by atoms with Gasteiger partial charge in [0.1, 0.15) is 24.7 Å². The average Bonchev–Trinajstić information content (AvgIpc) is 3.31. The molecular formula is C24H25NO8S. The summed E-state index contributed by atoms with van der Waals surface area (Å²) in [4.78, 5) is 12.2. The maximum atomic E-state index is 13.7. The van der Waals surface area contributed by atoms with Crippen molar-refractivity contribution in [3.63, 3.8) is 0 Å². The number of hydrogen-bond acceptors (Lipinski definition) is 8. The van der Waals surface area contributed by atoms with Crippen LogP contribution in [0.5, 0.6) is 17.2 Å². The highest BCUT2D eigenvalue weighted by Gasteiger charge is 2.29. The van der Waals surface area contributed by atoms with Crippen molar-refractivity contribution in [2.75, 3.05) is 24.6 Å². The molecule has 0 bridgehead atoms. The first-order valence-electron chi connectivity index (χ1n) is 10.6. The topological polar surface area (TPSA) is 105 Å². The molecule has 2 aromatic carbocycles. The molecular weight excluding hydrogens is 462 g/mol. The monoisotopic (exact) mass is 487 g/mol. The van der Waals surface area contributed by atoms with Crippen molar-refractivity contribution in [3.8, 4) is 17.2 Å². The third-order valence-corrected chi connectivity index (χ3v) is 6.74. The van der Waals surface area contributed by atoms with Gasteiger partial charge >= 0.3 is 5.97 Å². The second kappa shape index (κ2) is 9.68. The van der Waals surface area contributed by atoms with Gasteiger partial charge < -0.3 is 23.4 Å². The van der Waals surface area contributed by atoms with E-state index < -0.39 is 16.0 Å². The molecule has 1 aliphatic heterocycles. The van der Waals surface area contributed by atoms with E-state index in [1.165, 1.54) is 29.6 Å². The largest absolute Gasteiger partial charge is 0.497 e. The minimum absolute atomic E-state index is 0.00453.